The van der Waals surface area contributed by atoms with Crippen LogP contribution in [0.1, 0.15) is 20.3 Å². The summed E-state index contributed by atoms with van der Waals surface area (Å²) in [5.74, 6) is -2.39. The van der Waals surface area contributed by atoms with Crippen LogP contribution in [0.4, 0.5) is 0 Å². The van der Waals surface area contributed by atoms with Gasteiger partial charge in [-0.15, -0.1) is 11.8 Å². The van der Waals surface area contributed by atoms with Crippen LogP contribution in [0, 0.1) is 11.8 Å². The van der Waals surface area contributed by atoms with Gasteiger partial charge in [0.15, 0.2) is 0 Å². The summed E-state index contributed by atoms with van der Waals surface area (Å²) in [7, 11) is 5.81. The average molecular weight is 321 g/mol. The van der Waals surface area contributed by atoms with E-state index in [-0.39, 0.29) is 34.8 Å². The molecule has 6 nitrogen and oxygen atoms in total. The Balaban J connectivity index is 1.87. The number of β-lactam (4-membered cyclic amide) rings is 1. The third kappa shape index (κ3) is 2.28. The Bertz CT molecular complexity index is 553. The molecule has 3 aliphatic rings. The van der Waals surface area contributed by atoms with Gasteiger partial charge in [-0.3, -0.25) is 4.79 Å². The Hall–Kier alpha value is -0.985. The molecule has 0 spiro atoms. The predicted molar refractivity (Wildman–Crippen MR) is 80.5 cm³/mol. The molecule has 3 aliphatic heterocycles. The quantitative estimate of drug-likeness (QED) is 0.478. The van der Waals surface area contributed by atoms with Crippen LogP contribution >= 0.6 is 11.8 Å². The zero-order chi connectivity index (χ0) is 16.2. The minimum atomic E-state index is -1.33. The molecule has 3 heterocycles. The molecular formula is C14H18BN2O4S-. The number of hydrogen-bond acceptors (Lipinski definition) is 6. The predicted octanol–water partition coefficient (Wildman–Crippen LogP) is -1.60. The van der Waals surface area contributed by atoms with Crippen LogP contribution in [0.25, 0.3) is 0 Å². The first kappa shape index (κ1) is 15.9. The van der Waals surface area contributed by atoms with Crippen molar-refractivity contribution in [2.45, 2.75) is 43.6 Å². The molecule has 2 N–H and O–H groups in total. The topological polar surface area (TPSA) is 92.7 Å². The molecule has 6 unspecified atom stereocenters. The molecule has 0 aromatic heterocycles. The van der Waals surface area contributed by atoms with Crippen LogP contribution in [-0.2, 0) is 9.59 Å². The molecule has 0 aromatic rings. The number of aliphatic hydroxyl groups excluding tert-OH is 1. The summed E-state index contributed by atoms with van der Waals surface area (Å²) in [4.78, 5) is 25.7. The van der Waals surface area contributed by atoms with Crippen LogP contribution in [0.15, 0.2) is 10.6 Å². The van der Waals surface area contributed by atoms with Crippen LogP contribution < -0.4 is 10.4 Å². The number of carbonyl (C=O) groups excluding carboxylic acids is 2. The second-order valence-corrected chi connectivity index (χ2v) is 7.59. The number of amides is 1. The Kier molecular flexibility index (Phi) is 4.03. The van der Waals surface area contributed by atoms with Crippen molar-refractivity contribution in [2.24, 2.45) is 11.8 Å². The van der Waals surface area contributed by atoms with Crippen LogP contribution in [0.3, 0.4) is 0 Å². The van der Waals surface area contributed by atoms with E-state index >= 15 is 0 Å². The van der Waals surface area contributed by atoms with E-state index in [2.05, 4.69) is 5.32 Å². The van der Waals surface area contributed by atoms with Crippen molar-refractivity contribution in [1.82, 2.24) is 10.2 Å². The highest BCUT2D eigenvalue weighted by Gasteiger charge is 2.58. The molecular weight excluding hydrogens is 303 g/mol. The van der Waals surface area contributed by atoms with Crippen molar-refractivity contribution in [3.05, 3.63) is 10.6 Å². The summed E-state index contributed by atoms with van der Waals surface area (Å²) >= 11 is 1.47. The van der Waals surface area contributed by atoms with E-state index in [1.807, 2.05) is 6.92 Å². The summed E-state index contributed by atoms with van der Waals surface area (Å²) in [6.07, 6.45) is -0.0373. The maximum absolute atomic E-state index is 12.2. The number of carboxylic acid groups (broad SMARTS) is 1. The number of carbonyl (C=O) groups is 2. The lowest BCUT2D eigenvalue weighted by atomic mass is 9.79. The van der Waals surface area contributed by atoms with Crippen LogP contribution in [0.2, 0.25) is 0 Å². The van der Waals surface area contributed by atoms with E-state index in [1.54, 1.807) is 6.92 Å². The van der Waals surface area contributed by atoms with Gasteiger partial charge in [-0.25, -0.2) is 0 Å². The van der Waals surface area contributed by atoms with Gasteiger partial charge in [-0.05, 0) is 19.3 Å². The highest BCUT2D eigenvalue weighted by molar-refractivity contribution is 8.03. The van der Waals surface area contributed by atoms with Crippen molar-refractivity contribution < 1.29 is 19.8 Å². The molecule has 22 heavy (non-hydrogen) atoms. The first-order valence-electron chi connectivity index (χ1n) is 7.45. The summed E-state index contributed by atoms with van der Waals surface area (Å²) < 4.78 is 0. The molecule has 6 atom stereocenters. The van der Waals surface area contributed by atoms with Gasteiger partial charge >= 0.3 is 0 Å². The highest BCUT2D eigenvalue weighted by Crippen LogP contribution is 2.51. The Labute approximate surface area is 134 Å². The number of carboxylic acids is 1. The average Bonchev–Trinajstić information content (AvgIpc) is 2.92. The molecule has 118 valence electrons. The largest absolute Gasteiger partial charge is 0.543 e. The number of aliphatic hydroxyl groups is 1. The maximum atomic E-state index is 12.2. The van der Waals surface area contributed by atoms with Crippen molar-refractivity contribution in [2.75, 3.05) is 6.54 Å². The number of nitrogens with one attached hydrogen (secondary N) is 1. The van der Waals surface area contributed by atoms with E-state index in [1.165, 1.54) is 16.7 Å². The number of nitrogens with zero attached hydrogens (tertiary/aromatic N) is 1. The third-order valence-corrected chi connectivity index (χ3v) is 6.23. The van der Waals surface area contributed by atoms with Crippen molar-refractivity contribution in [3.8, 4) is 0 Å². The van der Waals surface area contributed by atoms with E-state index in [4.69, 9.17) is 7.85 Å². The van der Waals surface area contributed by atoms with Gasteiger partial charge in [0, 0.05) is 22.6 Å². The fourth-order valence-corrected chi connectivity index (χ4v) is 5.16. The number of hydrogen-bond donors (Lipinski definition) is 2. The SMILES string of the molecule is [B]C1CC(SC2=C(C(=O)[O-])N3C(=O)C(C(C)O)C3C2C)CN1. The first-order valence-corrected chi connectivity index (χ1v) is 8.33. The maximum Gasteiger partial charge on any atom is 0.235 e. The highest BCUT2D eigenvalue weighted by atomic mass is 32.2. The van der Waals surface area contributed by atoms with E-state index in [0.29, 0.717) is 11.4 Å². The molecule has 0 saturated carbocycles. The van der Waals surface area contributed by atoms with E-state index in [0.717, 1.165) is 6.42 Å². The Morgan fingerprint density at radius 2 is 2.27 bits per heavy atom. The van der Waals surface area contributed by atoms with Gasteiger partial charge < -0.3 is 25.2 Å². The minimum Gasteiger partial charge on any atom is -0.543 e. The third-order valence-electron chi connectivity index (χ3n) is 4.72. The zero-order valence-corrected chi connectivity index (χ0v) is 13.3. The first-order chi connectivity index (χ1) is 10.3. The van der Waals surface area contributed by atoms with Crippen molar-refractivity contribution in [3.63, 3.8) is 0 Å². The molecule has 0 aliphatic carbocycles. The second-order valence-electron chi connectivity index (χ2n) is 6.24. The molecule has 0 bridgehead atoms. The van der Waals surface area contributed by atoms with E-state index < -0.39 is 18.0 Å². The Morgan fingerprint density at radius 1 is 1.59 bits per heavy atom. The van der Waals surface area contributed by atoms with Crippen LogP contribution in [0.5, 0.6) is 0 Å². The second kappa shape index (κ2) is 5.58. The lowest BCUT2D eigenvalue weighted by Crippen LogP contribution is -2.64. The lowest BCUT2D eigenvalue weighted by molar-refractivity contribution is -0.301. The van der Waals surface area contributed by atoms with Gasteiger partial charge in [0.05, 0.1) is 37.6 Å². The number of thioether (sulfide) groups is 1. The summed E-state index contributed by atoms with van der Waals surface area (Å²) in [6.45, 7) is 4.18. The van der Waals surface area contributed by atoms with Crippen molar-refractivity contribution in [1.29, 1.82) is 0 Å². The van der Waals surface area contributed by atoms with Gasteiger partial charge in [-0.1, -0.05) is 6.92 Å². The standard InChI is InChI=1S/C14H19BN2O4S/c1-5-10-9(6(2)18)13(19)17(10)11(14(20)21)12(5)22-7-3-8(15)16-4-7/h5-10,16,18H,3-4H2,1-2H3,(H,20,21)/p-1. The van der Waals surface area contributed by atoms with Gasteiger partial charge in [0.2, 0.25) is 5.91 Å². The molecule has 3 rings (SSSR count). The van der Waals surface area contributed by atoms with Gasteiger partial charge in [0.1, 0.15) is 0 Å². The molecule has 1 amide bonds. The Morgan fingerprint density at radius 3 is 2.77 bits per heavy atom. The molecule has 2 fully saturated rings. The molecule has 8 heteroatoms. The van der Waals surface area contributed by atoms with E-state index in [9.17, 15) is 19.8 Å². The molecule has 2 radical (unpaired) electrons. The summed E-state index contributed by atoms with van der Waals surface area (Å²) in [6, 6.07) is -0.286. The lowest BCUT2D eigenvalue weighted by Gasteiger charge is -2.47. The fraction of sp³-hybridized carbons (Fsp3) is 0.714. The van der Waals surface area contributed by atoms with Gasteiger partial charge in [0.25, 0.3) is 0 Å². The number of aliphatic carboxylic acids is 1. The fourth-order valence-electron chi connectivity index (χ4n) is 3.67. The smallest absolute Gasteiger partial charge is 0.235 e. The van der Waals surface area contributed by atoms with Gasteiger partial charge in [-0.2, -0.15) is 0 Å². The summed E-state index contributed by atoms with van der Waals surface area (Å²) in [5, 5.41) is 24.6. The minimum absolute atomic E-state index is 0.0233. The van der Waals surface area contributed by atoms with Crippen molar-refractivity contribution >= 4 is 31.5 Å². The zero-order valence-electron chi connectivity index (χ0n) is 12.5. The number of rotatable bonds is 4. The summed E-state index contributed by atoms with van der Waals surface area (Å²) in [5.41, 5.74) is -0.0233. The normalized spacial score (nSPS) is 39.0. The molecule has 2 saturated heterocycles. The van der Waals surface area contributed by atoms with Crippen LogP contribution in [-0.4, -0.2) is 59.6 Å². The number of fused-ring (bicyclic) bond motifs is 1. The molecule has 0 aromatic carbocycles. The monoisotopic (exact) mass is 321 g/mol.